The van der Waals surface area contributed by atoms with Crippen LogP contribution in [0.15, 0.2) is 49.4 Å². The average Bonchev–Trinajstić information content (AvgIpc) is 3.68. The van der Waals surface area contributed by atoms with Crippen molar-refractivity contribution in [1.29, 1.82) is 5.26 Å². The zero-order valence-corrected chi connectivity index (χ0v) is 27.8. The summed E-state index contributed by atoms with van der Waals surface area (Å²) >= 11 is 1.73. The molecule has 254 valence electrons. The van der Waals surface area contributed by atoms with Crippen LogP contribution in [0.5, 0.6) is 0 Å². The monoisotopic (exact) mass is 682 g/mol. The Hall–Kier alpha value is -4.20. The maximum absolute atomic E-state index is 13.3. The van der Waals surface area contributed by atoms with Crippen LogP contribution in [0.1, 0.15) is 45.6 Å². The first kappa shape index (κ1) is 33.7. The lowest BCUT2D eigenvalue weighted by molar-refractivity contribution is -0.137. The third kappa shape index (κ3) is 7.13. The third-order valence-electron chi connectivity index (χ3n) is 8.74. The molecule has 2 saturated heterocycles. The molecule has 4 aromatic rings. The van der Waals surface area contributed by atoms with E-state index in [1.165, 1.54) is 17.4 Å². The lowest BCUT2D eigenvalue weighted by atomic mass is 9.84. The predicted molar refractivity (Wildman–Crippen MR) is 175 cm³/mol. The van der Waals surface area contributed by atoms with Gasteiger partial charge in [0.25, 0.3) is 0 Å². The number of carbonyl (C=O) groups excluding carboxylic acids is 1. The van der Waals surface area contributed by atoms with Gasteiger partial charge in [0.15, 0.2) is 0 Å². The highest BCUT2D eigenvalue weighted by molar-refractivity contribution is 8.00. The van der Waals surface area contributed by atoms with E-state index >= 15 is 0 Å². The van der Waals surface area contributed by atoms with E-state index in [1.807, 2.05) is 27.7 Å². The summed E-state index contributed by atoms with van der Waals surface area (Å²) in [4.78, 5) is 29.2. The van der Waals surface area contributed by atoms with Crippen LogP contribution in [-0.2, 0) is 23.2 Å². The minimum absolute atomic E-state index is 0.112. The lowest BCUT2D eigenvalue weighted by Gasteiger charge is -2.53. The number of ether oxygens (including phenoxy) is 1. The number of urea groups is 1. The van der Waals surface area contributed by atoms with Crippen molar-refractivity contribution in [3.8, 4) is 17.3 Å². The number of rotatable bonds is 9. The summed E-state index contributed by atoms with van der Waals surface area (Å²) < 4.78 is 49.8. The molecular weight excluding hydrogens is 645 g/mol. The summed E-state index contributed by atoms with van der Waals surface area (Å²) in [7, 11) is 0. The Labute approximate surface area is 280 Å². The van der Waals surface area contributed by atoms with E-state index in [0.717, 1.165) is 28.4 Å². The first-order valence-electron chi connectivity index (χ1n) is 15.6. The molecule has 0 radical (unpaired) electrons. The Bertz CT molecular complexity index is 1800. The molecule has 0 spiro atoms. The van der Waals surface area contributed by atoms with Crippen LogP contribution in [0.25, 0.3) is 22.3 Å². The molecule has 4 aromatic heterocycles. The number of aromatic nitrogens is 6. The van der Waals surface area contributed by atoms with E-state index in [1.54, 1.807) is 18.0 Å². The van der Waals surface area contributed by atoms with Crippen molar-refractivity contribution < 1.29 is 22.7 Å². The van der Waals surface area contributed by atoms with Crippen LogP contribution in [0.2, 0.25) is 0 Å². The molecule has 0 saturated carbocycles. The second kappa shape index (κ2) is 13.4. The van der Waals surface area contributed by atoms with Crippen molar-refractivity contribution in [3.05, 3.63) is 55.0 Å². The Morgan fingerprint density at radius 1 is 1.17 bits per heavy atom. The van der Waals surface area contributed by atoms with E-state index < -0.39 is 23.3 Å². The SMILES string of the molecule is CC(C)(C)SCOCn1ccc2c(-c3cnn(C4(CC#N)CN(C5CCN(C(=O)Nc6ccncc6C(F)(F)F)CC5)C4)c3)ncnc21. The van der Waals surface area contributed by atoms with Gasteiger partial charge in [0.1, 0.15) is 24.2 Å². The molecule has 6 heterocycles. The standard InChI is InChI=1S/C32H37F3N10O2S/c1-30(2,3)48-21-47-20-43-13-7-24-27(38-19-39-28(24)43)22-14-40-45(16-22)31(8-9-36)17-44(18-31)23-5-11-42(12-6-23)29(46)41-26-4-10-37-15-25(26)32(33,34)35/h4,7,10,13-16,19,23H,5-6,8,11-12,17-18,20-21H2,1-3H3,(H,37,41,46). The van der Waals surface area contributed by atoms with Crippen LogP contribution < -0.4 is 5.32 Å². The van der Waals surface area contributed by atoms with Crippen molar-refractivity contribution in [2.24, 2.45) is 0 Å². The van der Waals surface area contributed by atoms with Gasteiger partial charge < -0.3 is 19.5 Å². The van der Waals surface area contributed by atoms with Gasteiger partial charge in [0, 0.05) is 72.7 Å². The van der Waals surface area contributed by atoms with Crippen molar-refractivity contribution in [1.82, 2.24) is 39.1 Å². The van der Waals surface area contributed by atoms with Crippen molar-refractivity contribution in [2.75, 3.05) is 37.4 Å². The topological polar surface area (TPSA) is 130 Å². The largest absolute Gasteiger partial charge is 0.419 e. The lowest BCUT2D eigenvalue weighted by Crippen LogP contribution is -2.66. The maximum atomic E-state index is 13.3. The minimum atomic E-state index is -4.62. The van der Waals surface area contributed by atoms with Crippen LogP contribution in [0.3, 0.4) is 0 Å². The summed E-state index contributed by atoms with van der Waals surface area (Å²) in [5.74, 6) is 0.568. The molecule has 0 bridgehead atoms. The number of thioether (sulfide) groups is 1. The fourth-order valence-corrected chi connectivity index (χ4v) is 6.72. The van der Waals surface area contributed by atoms with Gasteiger partial charge in [0.05, 0.1) is 41.6 Å². The number of piperidine rings is 1. The highest BCUT2D eigenvalue weighted by atomic mass is 32.2. The Kier molecular flexibility index (Phi) is 9.38. The molecule has 6 rings (SSSR count). The predicted octanol–water partition coefficient (Wildman–Crippen LogP) is 5.79. The second-order valence-corrected chi connectivity index (χ2v) is 14.9. The van der Waals surface area contributed by atoms with Crippen molar-refractivity contribution in [3.63, 3.8) is 0 Å². The number of halogens is 3. The summed E-state index contributed by atoms with van der Waals surface area (Å²) in [6, 6.07) is 5.05. The Morgan fingerprint density at radius 3 is 2.65 bits per heavy atom. The smallest absolute Gasteiger partial charge is 0.350 e. The zero-order valence-electron chi connectivity index (χ0n) is 26.9. The number of hydrogen-bond acceptors (Lipinski definition) is 9. The molecule has 2 fully saturated rings. The zero-order chi connectivity index (χ0) is 34.1. The van der Waals surface area contributed by atoms with Crippen LogP contribution in [0.4, 0.5) is 23.7 Å². The normalized spacial score (nSPS) is 17.3. The van der Waals surface area contributed by atoms with Crippen LogP contribution in [-0.4, -0.2) is 88.0 Å². The van der Waals surface area contributed by atoms with Crippen LogP contribution >= 0.6 is 11.8 Å². The first-order valence-corrected chi connectivity index (χ1v) is 16.6. The highest BCUT2D eigenvalue weighted by Gasteiger charge is 2.48. The minimum Gasteiger partial charge on any atom is -0.350 e. The molecule has 2 amide bonds. The van der Waals surface area contributed by atoms with Gasteiger partial charge in [-0.1, -0.05) is 20.8 Å². The van der Waals surface area contributed by atoms with Gasteiger partial charge >= 0.3 is 12.2 Å². The van der Waals surface area contributed by atoms with Crippen LogP contribution in [0, 0.1) is 11.3 Å². The molecule has 48 heavy (non-hydrogen) atoms. The fraction of sp³-hybridized carbons (Fsp3) is 0.500. The number of nitrogens with zero attached hydrogens (tertiary/aromatic N) is 9. The molecule has 2 aliphatic heterocycles. The molecular formula is C32H37F3N10O2S. The quantitative estimate of drug-likeness (QED) is 0.172. The molecule has 0 aromatic carbocycles. The van der Waals surface area contributed by atoms with Gasteiger partial charge in [-0.3, -0.25) is 14.6 Å². The second-order valence-electron chi connectivity index (χ2n) is 13.2. The maximum Gasteiger partial charge on any atom is 0.419 e. The summed E-state index contributed by atoms with van der Waals surface area (Å²) in [6.07, 6.45) is 6.07. The Balaban J connectivity index is 1.07. The van der Waals surface area contributed by atoms with E-state index in [2.05, 4.69) is 57.1 Å². The first-order chi connectivity index (χ1) is 22.9. The number of amides is 2. The van der Waals surface area contributed by atoms with Gasteiger partial charge in [-0.25, -0.2) is 14.8 Å². The number of pyridine rings is 1. The average molecular weight is 683 g/mol. The fourth-order valence-electron chi connectivity index (χ4n) is 6.21. The van der Waals surface area contributed by atoms with E-state index in [9.17, 15) is 23.2 Å². The highest BCUT2D eigenvalue weighted by Crippen LogP contribution is 2.38. The molecule has 12 nitrogen and oxygen atoms in total. The molecule has 1 N–H and O–H groups in total. The van der Waals surface area contributed by atoms with E-state index in [4.69, 9.17) is 4.74 Å². The number of hydrogen-bond donors (Lipinski definition) is 1. The number of likely N-dealkylation sites (tertiary alicyclic amines) is 2. The number of carbonyl (C=O) groups is 1. The molecule has 0 atom stereocenters. The molecule has 0 unspecified atom stereocenters. The van der Waals surface area contributed by atoms with E-state index in [0.29, 0.717) is 57.9 Å². The number of alkyl halides is 3. The van der Waals surface area contributed by atoms with Gasteiger partial charge in [-0.15, -0.1) is 11.8 Å². The summed E-state index contributed by atoms with van der Waals surface area (Å²) in [6.45, 7) is 8.85. The van der Waals surface area contributed by atoms with Crippen molar-refractivity contribution in [2.45, 2.75) is 69.3 Å². The number of nitrogens with one attached hydrogen (secondary N) is 1. The number of nitriles is 1. The summed E-state index contributed by atoms with van der Waals surface area (Å²) in [5, 5.41) is 17.7. The van der Waals surface area contributed by atoms with Gasteiger partial charge in [-0.05, 0) is 25.0 Å². The number of fused-ring (bicyclic) bond motifs is 1. The number of anilines is 1. The van der Waals surface area contributed by atoms with Crippen molar-refractivity contribution >= 4 is 34.5 Å². The third-order valence-corrected chi connectivity index (χ3v) is 9.89. The van der Waals surface area contributed by atoms with E-state index in [-0.39, 0.29) is 22.9 Å². The van der Waals surface area contributed by atoms with Gasteiger partial charge in [-0.2, -0.15) is 23.5 Å². The Morgan fingerprint density at radius 2 is 1.94 bits per heavy atom. The van der Waals surface area contributed by atoms with Gasteiger partial charge in [0.2, 0.25) is 0 Å². The molecule has 16 heteroatoms. The molecule has 2 aliphatic rings. The summed E-state index contributed by atoms with van der Waals surface area (Å²) in [5.41, 5.74) is 0.527. The molecule has 0 aliphatic carbocycles.